The minimum absolute atomic E-state index is 0.0906. The number of aliphatic hydroxyl groups is 1. The maximum Gasteiger partial charge on any atom is 0.408 e. The van der Waals surface area contributed by atoms with E-state index in [1.807, 2.05) is 0 Å². The molecule has 0 aromatic rings. The van der Waals surface area contributed by atoms with Crippen LogP contribution in [0.5, 0.6) is 0 Å². The van der Waals surface area contributed by atoms with Gasteiger partial charge in [-0.1, -0.05) is 0 Å². The van der Waals surface area contributed by atoms with Crippen molar-refractivity contribution >= 4 is 12.0 Å². The molecule has 2 rings (SSSR count). The number of piperazine rings is 1. The van der Waals surface area contributed by atoms with Crippen LogP contribution in [0.4, 0.5) is 4.79 Å². The van der Waals surface area contributed by atoms with Gasteiger partial charge in [0.1, 0.15) is 11.6 Å². The highest BCUT2D eigenvalue weighted by Crippen LogP contribution is 2.18. The molecule has 0 radical (unpaired) electrons. The molecular weight excluding hydrogens is 348 g/mol. The topological polar surface area (TPSA) is 85.4 Å². The average molecular weight is 386 g/mol. The number of hydrogen-bond acceptors (Lipinski definition) is 6. The number of nitrogens with one attached hydrogen (secondary N) is 1. The number of ether oxygens (including phenoxy) is 1. The number of alkyl carbamates (subject to hydrolysis) is 1. The molecular formula is C19H36N4O4. The fraction of sp³-hybridized carbons (Fsp3) is 0.895. The molecule has 0 aromatic carbocycles. The number of hydrogen-bond donors (Lipinski definition) is 2. The Bertz CT molecular complexity index is 530. The van der Waals surface area contributed by atoms with E-state index in [9.17, 15) is 14.7 Å². The van der Waals surface area contributed by atoms with Crippen LogP contribution in [-0.4, -0.2) is 102 Å². The zero-order valence-electron chi connectivity index (χ0n) is 18.1. The molecule has 2 atom stereocenters. The van der Waals surface area contributed by atoms with Crippen LogP contribution in [-0.2, 0) is 9.53 Å². The van der Waals surface area contributed by atoms with E-state index in [0.29, 0.717) is 19.1 Å². The van der Waals surface area contributed by atoms with E-state index >= 15 is 0 Å². The predicted octanol–water partition coefficient (Wildman–Crippen LogP) is 0.499. The van der Waals surface area contributed by atoms with Gasteiger partial charge >= 0.3 is 6.09 Å². The SMILES string of the molecule is [2H]CC(C)(C)OC(=O)N[C@H](C(=O)N1CCN(C2CCN(C)CC2)CC1)[C@H](C)O. The van der Waals surface area contributed by atoms with Crippen molar-refractivity contribution < 1.29 is 20.8 Å². The molecule has 0 bridgehead atoms. The first kappa shape index (κ1) is 20.4. The van der Waals surface area contributed by atoms with Crippen LogP contribution >= 0.6 is 0 Å². The van der Waals surface area contributed by atoms with Crippen molar-refractivity contribution in [2.45, 2.75) is 64.3 Å². The lowest BCUT2D eigenvalue weighted by atomic mass is 10.0. The van der Waals surface area contributed by atoms with Crippen molar-refractivity contribution in [1.82, 2.24) is 20.0 Å². The summed E-state index contributed by atoms with van der Waals surface area (Å²) in [7, 11) is 2.15. The van der Waals surface area contributed by atoms with Gasteiger partial charge in [0, 0.05) is 33.6 Å². The van der Waals surface area contributed by atoms with Gasteiger partial charge in [0.2, 0.25) is 5.91 Å². The summed E-state index contributed by atoms with van der Waals surface area (Å²) in [5.74, 6) is -0.293. The summed E-state index contributed by atoms with van der Waals surface area (Å²) in [5.41, 5.74) is -0.948. The Morgan fingerprint density at radius 1 is 1.19 bits per heavy atom. The third kappa shape index (κ3) is 6.62. The molecule has 0 unspecified atom stereocenters. The standard InChI is InChI=1S/C19H36N4O4/c1-14(24)16(20-18(26)27-19(2,3)4)17(25)23-12-10-22(11-13-23)15-6-8-21(5)9-7-15/h14-16,24H,6-13H2,1-5H3,(H,20,26)/t14-,16-/m0/s1/i2D. The van der Waals surface area contributed by atoms with E-state index in [-0.39, 0.29) is 12.8 Å². The molecule has 27 heavy (non-hydrogen) atoms. The largest absolute Gasteiger partial charge is 0.444 e. The van der Waals surface area contributed by atoms with Crippen LogP contribution < -0.4 is 5.32 Å². The number of aliphatic hydroxyl groups excluding tert-OH is 1. The molecule has 0 spiro atoms. The molecule has 2 aliphatic heterocycles. The second-order valence-electron chi connectivity index (χ2n) is 8.41. The van der Waals surface area contributed by atoms with Crippen molar-refractivity contribution in [2.75, 3.05) is 46.3 Å². The third-order valence-electron chi connectivity index (χ3n) is 5.22. The number of carbonyl (C=O) groups is 2. The van der Waals surface area contributed by atoms with Crippen molar-refractivity contribution in [3.8, 4) is 0 Å². The normalized spacial score (nSPS) is 23.4. The Hall–Kier alpha value is -1.38. The van der Waals surface area contributed by atoms with E-state index in [1.54, 1.807) is 18.7 Å². The molecule has 2 fully saturated rings. The molecule has 2 N–H and O–H groups in total. The van der Waals surface area contributed by atoms with Gasteiger partial charge in [-0.3, -0.25) is 9.69 Å². The number of carbonyl (C=O) groups excluding carboxylic acids is 2. The van der Waals surface area contributed by atoms with E-state index in [4.69, 9.17) is 6.11 Å². The summed E-state index contributed by atoms with van der Waals surface area (Å²) in [4.78, 5) is 31.5. The van der Waals surface area contributed by atoms with E-state index < -0.39 is 23.8 Å². The van der Waals surface area contributed by atoms with Crippen LogP contribution in [0.3, 0.4) is 0 Å². The molecule has 0 aromatic heterocycles. The minimum atomic E-state index is -1.05. The molecule has 8 heteroatoms. The molecule has 2 aliphatic rings. The highest BCUT2D eigenvalue weighted by Gasteiger charge is 2.34. The average Bonchev–Trinajstić information content (AvgIpc) is 2.66. The minimum Gasteiger partial charge on any atom is -0.444 e. The summed E-state index contributed by atoms with van der Waals surface area (Å²) < 4.78 is 12.6. The lowest BCUT2D eigenvalue weighted by Gasteiger charge is -2.43. The van der Waals surface area contributed by atoms with Gasteiger partial charge in [0.05, 0.1) is 6.10 Å². The first-order valence-corrected chi connectivity index (χ1v) is 9.81. The van der Waals surface area contributed by atoms with Gasteiger partial charge in [-0.05, 0) is 60.6 Å². The highest BCUT2D eigenvalue weighted by atomic mass is 16.6. The predicted molar refractivity (Wildman–Crippen MR) is 104 cm³/mol. The zero-order valence-corrected chi connectivity index (χ0v) is 17.1. The second kappa shape index (κ2) is 9.21. The monoisotopic (exact) mass is 385 g/mol. The first-order valence-electron chi connectivity index (χ1n) is 10.5. The number of likely N-dealkylation sites (tertiary alicyclic amines) is 1. The fourth-order valence-corrected chi connectivity index (χ4v) is 3.66. The number of piperidine rings is 1. The quantitative estimate of drug-likeness (QED) is 0.733. The third-order valence-corrected chi connectivity index (χ3v) is 5.22. The van der Waals surface area contributed by atoms with Crippen LogP contribution in [0.25, 0.3) is 0 Å². The van der Waals surface area contributed by atoms with Crippen LogP contribution in [0.15, 0.2) is 0 Å². The van der Waals surface area contributed by atoms with Gasteiger partial charge in [-0.25, -0.2) is 4.79 Å². The summed E-state index contributed by atoms with van der Waals surface area (Å²) in [6.45, 7) is 9.64. The lowest BCUT2D eigenvalue weighted by Crippen LogP contribution is -2.59. The highest BCUT2D eigenvalue weighted by molar-refractivity contribution is 5.86. The summed E-state index contributed by atoms with van der Waals surface area (Å²) in [6.07, 6.45) is 0.479. The first-order chi connectivity index (χ1) is 13.1. The Morgan fingerprint density at radius 2 is 1.78 bits per heavy atom. The summed E-state index contributed by atoms with van der Waals surface area (Å²) in [5, 5.41) is 12.5. The molecule has 8 nitrogen and oxygen atoms in total. The molecule has 2 amide bonds. The summed E-state index contributed by atoms with van der Waals surface area (Å²) in [6, 6.07) is -0.481. The van der Waals surface area contributed by atoms with Crippen LogP contribution in [0.2, 0.25) is 0 Å². The number of rotatable bonds is 4. The molecule has 156 valence electrons. The van der Waals surface area contributed by atoms with E-state index in [1.165, 1.54) is 6.92 Å². The lowest BCUT2D eigenvalue weighted by molar-refractivity contribution is -0.138. The van der Waals surface area contributed by atoms with Gasteiger partial charge in [0.25, 0.3) is 0 Å². The molecule has 2 heterocycles. The maximum atomic E-state index is 12.9. The number of amides is 2. The molecule has 2 saturated heterocycles. The van der Waals surface area contributed by atoms with Crippen LogP contribution in [0.1, 0.15) is 41.9 Å². The van der Waals surface area contributed by atoms with Crippen molar-refractivity contribution in [2.24, 2.45) is 0 Å². The zero-order chi connectivity index (χ0) is 20.9. The Kier molecular flexibility index (Phi) is 6.94. The smallest absolute Gasteiger partial charge is 0.408 e. The van der Waals surface area contributed by atoms with E-state index in [0.717, 1.165) is 39.0 Å². The van der Waals surface area contributed by atoms with Crippen molar-refractivity contribution in [3.05, 3.63) is 0 Å². The number of nitrogens with zero attached hydrogens (tertiary/aromatic N) is 3. The maximum absolute atomic E-state index is 12.9. The van der Waals surface area contributed by atoms with Gasteiger partial charge in [-0.2, -0.15) is 0 Å². The fourth-order valence-electron chi connectivity index (χ4n) is 3.66. The van der Waals surface area contributed by atoms with Crippen LogP contribution in [0, 0.1) is 0 Å². The van der Waals surface area contributed by atoms with Gasteiger partial charge < -0.3 is 25.0 Å². The Morgan fingerprint density at radius 3 is 2.30 bits per heavy atom. The second-order valence-corrected chi connectivity index (χ2v) is 8.41. The van der Waals surface area contributed by atoms with E-state index in [2.05, 4.69) is 22.2 Å². The Balaban J connectivity index is 1.87. The molecule has 0 aliphatic carbocycles. The molecule has 0 saturated carbocycles. The van der Waals surface area contributed by atoms with Gasteiger partial charge in [0.15, 0.2) is 0 Å². The van der Waals surface area contributed by atoms with Gasteiger partial charge in [-0.15, -0.1) is 0 Å². The van der Waals surface area contributed by atoms with Crippen molar-refractivity contribution in [1.29, 1.82) is 0 Å². The summed E-state index contributed by atoms with van der Waals surface area (Å²) >= 11 is 0. The Labute approximate surface area is 164 Å². The van der Waals surface area contributed by atoms with Crippen molar-refractivity contribution in [3.63, 3.8) is 0 Å².